The molecule has 94 valence electrons. The minimum atomic E-state index is -0.527. The molecule has 0 spiro atoms. The number of carbonyl (C=O) groups is 2. The van der Waals surface area contributed by atoms with Gasteiger partial charge >= 0.3 is 11.9 Å². The van der Waals surface area contributed by atoms with Gasteiger partial charge in [0.05, 0.1) is 12.3 Å². The summed E-state index contributed by atoms with van der Waals surface area (Å²) in [5.74, 6) is -0.784. The Hall–Kier alpha value is -1.63. The standard InChI is InChI=1S/C10H14N2O4S/c1-6(13)15-4-3-9(16-7(2)14)8-5-17-10(11)12-8/h5,9H,3-4H2,1-2H3,(H2,11,12). The zero-order chi connectivity index (χ0) is 12.8. The summed E-state index contributed by atoms with van der Waals surface area (Å²) in [7, 11) is 0. The Morgan fingerprint density at radius 1 is 1.47 bits per heavy atom. The number of anilines is 1. The van der Waals surface area contributed by atoms with E-state index in [0.717, 1.165) is 0 Å². The summed E-state index contributed by atoms with van der Waals surface area (Å²) in [6.45, 7) is 2.81. The highest BCUT2D eigenvalue weighted by Gasteiger charge is 2.18. The van der Waals surface area contributed by atoms with Gasteiger partial charge in [-0.1, -0.05) is 0 Å². The maximum Gasteiger partial charge on any atom is 0.303 e. The Morgan fingerprint density at radius 2 is 2.18 bits per heavy atom. The SMILES string of the molecule is CC(=O)OCCC(OC(C)=O)c1csc(N)n1. The zero-order valence-corrected chi connectivity index (χ0v) is 10.5. The Kier molecular flexibility index (Phi) is 4.89. The van der Waals surface area contributed by atoms with Gasteiger partial charge in [-0.15, -0.1) is 11.3 Å². The lowest BCUT2D eigenvalue weighted by Crippen LogP contribution is -2.13. The van der Waals surface area contributed by atoms with Crippen LogP contribution in [-0.4, -0.2) is 23.5 Å². The molecule has 2 N–H and O–H groups in total. The van der Waals surface area contributed by atoms with Crippen LogP contribution in [0, 0.1) is 0 Å². The first kappa shape index (κ1) is 13.4. The minimum Gasteiger partial charge on any atom is -0.466 e. The second kappa shape index (κ2) is 6.19. The smallest absolute Gasteiger partial charge is 0.303 e. The summed E-state index contributed by atoms with van der Waals surface area (Å²) in [6.07, 6.45) is -0.164. The summed E-state index contributed by atoms with van der Waals surface area (Å²) < 4.78 is 9.89. The van der Waals surface area contributed by atoms with E-state index in [1.165, 1.54) is 25.2 Å². The molecule has 0 saturated carbocycles. The van der Waals surface area contributed by atoms with Crippen LogP contribution in [0.1, 0.15) is 32.1 Å². The Morgan fingerprint density at radius 3 is 2.65 bits per heavy atom. The third-order valence-corrected chi connectivity index (χ3v) is 2.56. The summed E-state index contributed by atoms with van der Waals surface area (Å²) in [6, 6.07) is 0. The van der Waals surface area contributed by atoms with Gasteiger partial charge in [0.25, 0.3) is 0 Å². The number of thiazole rings is 1. The molecule has 0 bridgehead atoms. The summed E-state index contributed by atoms with van der Waals surface area (Å²) >= 11 is 1.27. The summed E-state index contributed by atoms with van der Waals surface area (Å²) in [5.41, 5.74) is 6.08. The van der Waals surface area contributed by atoms with Gasteiger partial charge in [-0.3, -0.25) is 9.59 Å². The van der Waals surface area contributed by atoms with E-state index in [1.807, 2.05) is 0 Å². The third-order valence-electron chi connectivity index (χ3n) is 1.86. The molecule has 1 aromatic rings. The molecule has 0 radical (unpaired) electrons. The Balaban J connectivity index is 2.60. The summed E-state index contributed by atoms with van der Waals surface area (Å²) in [5, 5.41) is 2.13. The number of esters is 2. The second-order valence-corrected chi connectivity index (χ2v) is 4.23. The monoisotopic (exact) mass is 258 g/mol. The topological polar surface area (TPSA) is 91.5 Å². The van der Waals surface area contributed by atoms with E-state index in [1.54, 1.807) is 5.38 Å². The van der Waals surface area contributed by atoms with Crippen LogP contribution < -0.4 is 5.73 Å². The fourth-order valence-corrected chi connectivity index (χ4v) is 1.83. The number of hydrogen-bond donors (Lipinski definition) is 1. The van der Waals surface area contributed by atoms with Gasteiger partial charge in [0, 0.05) is 25.6 Å². The molecule has 0 aliphatic rings. The van der Waals surface area contributed by atoms with Gasteiger partial charge in [-0.25, -0.2) is 4.98 Å². The van der Waals surface area contributed by atoms with Crippen molar-refractivity contribution in [2.75, 3.05) is 12.3 Å². The molecule has 1 rings (SSSR count). The molecule has 0 aliphatic heterocycles. The van der Waals surface area contributed by atoms with E-state index < -0.39 is 12.1 Å². The average molecular weight is 258 g/mol. The first-order chi connectivity index (χ1) is 7.99. The zero-order valence-electron chi connectivity index (χ0n) is 9.63. The molecule has 6 nitrogen and oxygen atoms in total. The molecule has 1 aromatic heterocycles. The normalized spacial score (nSPS) is 11.9. The highest BCUT2D eigenvalue weighted by atomic mass is 32.1. The molecule has 7 heteroatoms. The molecule has 1 unspecified atom stereocenters. The Bertz CT molecular complexity index is 405. The molecule has 0 fully saturated rings. The molecule has 1 heterocycles. The van der Waals surface area contributed by atoms with E-state index in [9.17, 15) is 9.59 Å². The quantitative estimate of drug-likeness (QED) is 0.800. The number of nitrogens with zero attached hydrogens (tertiary/aromatic N) is 1. The maximum absolute atomic E-state index is 10.9. The predicted molar refractivity (Wildman–Crippen MR) is 62.3 cm³/mol. The molecule has 0 aliphatic carbocycles. The minimum absolute atomic E-state index is 0.171. The van der Waals surface area contributed by atoms with Crippen LogP contribution in [0.5, 0.6) is 0 Å². The molecule has 17 heavy (non-hydrogen) atoms. The molecular weight excluding hydrogens is 244 g/mol. The van der Waals surface area contributed by atoms with E-state index in [2.05, 4.69) is 4.98 Å². The number of ether oxygens (including phenoxy) is 2. The maximum atomic E-state index is 10.9. The van der Waals surface area contributed by atoms with Crippen molar-refractivity contribution in [2.45, 2.75) is 26.4 Å². The van der Waals surface area contributed by atoms with Crippen molar-refractivity contribution in [3.8, 4) is 0 Å². The van der Waals surface area contributed by atoms with Crippen molar-refractivity contribution >= 4 is 28.4 Å². The average Bonchev–Trinajstić information content (AvgIpc) is 2.62. The van der Waals surface area contributed by atoms with Gasteiger partial charge in [-0.05, 0) is 0 Å². The lowest BCUT2D eigenvalue weighted by Gasteiger charge is -2.14. The van der Waals surface area contributed by atoms with Crippen LogP contribution in [0.2, 0.25) is 0 Å². The second-order valence-electron chi connectivity index (χ2n) is 3.34. The van der Waals surface area contributed by atoms with E-state index >= 15 is 0 Å². The van der Waals surface area contributed by atoms with Crippen LogP contribution in [0.4, 0.5) is 5.13 Å². The largest absolute Gasteiger partial charge is 0.466 e. The molecular formula is C10H14N2O4S. The lowest BCUT2D eigenvalue weighted by atomic mass is 10.2. The fourth-order valence-electron chi connectivity index (χ4n) is 1.23. The first-order valence-electron chi connectivity index (χ1n) is 5.00. The number of rotatable bonds is 5. The molecule has 0 saturated heterocycles. The number of nitrogens with two attached hydrogens (primary N) is 1. The van der Waals surface area contributed by atoms with Gasteiger partial charge in [0.1, 0.15) is 6.10 Å². The van der Waals surface area contributed by atoms with Crippen LogP contribution in [-0.2, 0) is 19.1 Å². The lowest BCUT2D eigenvalue weighted by molar-refractivity contribution is -0.149. The number of aromatic nitrogens is 1. The summed E-state index contributed by atoms with van der Waals surface area (Å²) in [4.78, 5) is 25.6. The van der Waals surface area contributed by atoms with E-state index in [0.29, 0.717) is 17.2 Å². The Labute approximate surface area is 103 Å². The van der Waals surface area contributed by atoms with Crippen molar-refractivity contribution in [2.24, 2.45) is 0 Å². The van der Waals surface area contributed by atoms with Crippen LogP contribution >= 0.6 is 11.3 Å². The highest BCUT2D eigenvalue weighted by Crippen LogP contribution is 2.24. The van der Waals surface area contributed by atoms with Crippen molar-refractivity contribution in [1.82, 2.24) is 4.98 Å². The predicted octanol–water partition coefficient (Wildman–Crippen LogP) is 1.28. The van der Waals surface area contributed by atoms with E-state index in [-0.39, 0.29) is 12.6 Å². The van der Waals surface area contributed by atoms with Gasteiger partial charge in [0.2, 0.25) is 0 Å². The fraction of sp³-hybridized carbons (Fsp3) is 0.500. The van der Waals surface area contributed by atoms with Crippen molar-refractivity contribution < 1.29 is 19.1 Å². The van der Waals surface area contributed by atoms with Gasteiger partial charge < -0.3 is 15.2 Å². The number of carbonyl (C=O) groups excluding carboxylic acids is 2. The molecule has 0 aromatic carbocycles. The molecule has 1 atom stereocenters. The van der Waals surface area contributed by atoms with Crippen molar-refractivity contribution in [3.63, 3.8) is 0 Å². The number of nitrogen functional groups attached to an aromatic ring is 1. The van der Waals surface area contributed by atoms with Gasteiger partial charge in [-0.2, -0.15) is 0 Å². The number of hydrogen-bond acceptors (Lipinski definition) is 7. The van der Waals surface area contributed by atoms with Gasteiger partial charge in [0.15, 0.2) is 5.13 Å². The van der Waals surface area contributed by atoms with Crippen molar-refractivity contribution in [3.05, 3.63) is 11.1 Å². The molecule has 0 amide bonds. The third kappa shape index (κ3) is 4.81. The van der Waals surface area contributed by atoms with Crippen molar-refractivity contribution in [1.29, 1.82) is 0 Å². The van der Waals surface area contributed by atoms with Crippen LogP contribution in [0.15, 0.2) is 5.38 Å². The van der Waals surface area contributed by atoms with E-state index in [4.69, 9.17) is 15.2 Å². The highest BCUT2D eigenvalue weighted by molar-refractivity contribution is 7.13. The van der Waals surface area contributed by atoms with Crippen LogP contribution in [0.25, 0.3) is 0 Å². The first-order valence-corrected chi connectivity index (χ1v) is 5.88. The van der Waals surface area contributed by atoms with Crippen LogP contribution in [0.3, 0.4) is 0 Å².